The highest BCUT2D eigenvalue weighted by atomic mass is 19.1. The van der Waals surface area contributed by atoms with Crippen LogP contribution < -0.4 is 10.2 Å². The lowest BCUT2D eigenvalue weighted by atomic mass is 10.1. The average molecular weight is 311 g/mol. The van der Waals surface area contributed by atoms with E-state index in [-0.39, 0.29) is 5.82 Å². The van der Waals surface area contributed by atoms with Crippen molar-refractivity contribution < 1.29 is 9.13 Å². The van der Waals surface area contributed by atoms with Crippen LogP contribution in [0.5, 0.6) is 0 Å². The first kappa shape index (κ1) is 15.3. The molecular formula is C18H18FN3O. The van der Waals surface area contributed by atoms with Crippen LogP contribution in [0.4, 0.5) is 15.8 Å². The van der Waals surface area contributed by atoms with Crippen LogP contribution >= 0.6 is 0 Å². The number of morpholine rings is 1. The van der Waals surface area contributed by atoms with Gasteiger partial charge in [0, 0.05) is 37.6 Å². The first-order valence-electron chi connectivity index (χ1n) is 7.53. The summed E-state index contributed by atoms with van der Waals surface area (Å²) >= 11 is 0. The lowest BCUT2D eigenvalue weighted by molar-refractivity contribution is 0.122. The van der Waals surface area contributed by atoms with Crippen LogP contribution in [0.2, 0.25) is 0 Å². The summed E-state index contributed by atoms with van der Waals surface area (Å²) in [5.74, 6) is 5.56. The summed E-state index contributed by atoms with van der Waals surface area (Å²) in [5.41, 5.74) is 2.98. The molecule has 1 fully saturated rings. The SMILES string of the molecule is CNc1ccc(F)c(C#Cc2cncc(N3CCOCC3)c2)c1. The van der Waals surface area contributed by atoms with Crippen LogP contribution in [0.15, 0.2) is 36.7 Å². The molecule has 0 aliphatic carbocycles. The van der Waals surface area contributed by atoms with Crippen molar-refractivity contribution in [2.75, 3.05) is 43.6 Å². The van der Waals surface area contributed by atoms with E-state index in [9.17, 15) is 4.39 Å². The van der Waals surface area contributed by atoms with Gasteiger partial charge in [-0.15, -0.1) is 0 Å². The number of hydrogen-bond donors (Lipinski definition) is 1. The minimum absolute atomic E-state index is 0.325. The Kier molecular flexibility index (Phi) is 4.74. The summed E-state index contributed by atoms with van der Waals surface area (Å²) in [7, 11) is 1.79. The number of pyridine rings is 1. The highest BCUT2D eigenvalue weighted by Gasteiger charge is 2.11. The number of halogens is 1. The van der Waals surface area contributed by atoms with Gasteiger partial charge >= 0.3 is 0 Å². The molecule has 4 nitrogen and oxygen atoms in total. The van der Waals surface area contributed by atoms with E-state index in [0.717, 1.165) is 43.2 Å². The van der Waals surface area contributed by atoms with Crippen molar-refractivity contribution in [3.05, 3.63) is 53.6 Å². The van der Waals surface area contributed by atoms with Crippen molar-refractivity contribution >= 4 is 11.4 Å². The van der Waals surface area contributed by atoms with E-state index in [4.69, 9.17) is 4.74 Å². The van der Waals surface area contributed by atoms with E-state index in [1.54, 1.807) is 25.4 Å². The fourth-order valence-corrected chi connectivity index (χ4v) is 2.41. The third-order valence-electron chi connectivity index (χ3n) is 3.70. The number of ether oxygens (including phenoxy) is 1. The number of aromatic nitrogens is 1. The normalized spacial score (nSPS) is 14.1. The summed E-state index contributed by atoms with van der Waals surface area (Å²) in [6.07, 6.45) is 3.51. The maximum Gasteiger partial charge on any atom is 0.138 e. The molecular weight excluding hydrogens is 293 g/mol. The van der Waals surface area contributed by atoms with Gasteiger partial charge in [-0.25, -0.2) is 4.39 Å². The number of nitrogens with zero attached hydrogens (tertiary/aromatic N) is 2. The molecule has 1 aromatic carbocycles. The molecule has 1 aliphatic rings. The molecule has 3 rings (SSSR count). The molecule has 0 amide bonds. The van der Waals surface area contributed by atoms with E-state index in [1.165, 1.54) is 6.07 Å². The first-order chi connectivity index (χ1) is 11.3. The Balaban J connectivity index is 1.84. The van der Waals surface area contributed by atoms with E-state index < -0.39 is 0 Å². The summed E-state index contributed by atoms with van der Waals surface area (Å²) in [5, 5.41) is 2.98. The third kappa shape index (κ3) is 3.79. The second-order valence-electron chi connectivity index (χ2n) is 5.23. The topological polar surface area (TPSA) is 37.4 Å². The van der Waals surface area contributed by atoms with E-state index in [2.05, 4.69) is 27.0 Å². The maximum absolute atomic E-state index is 13.8. The lowest BCUT2D eigenvalue weighted by Gasteiger charge is -2.28. The molecule has 1 N–H and O–H groups in total. The quantitative estimate of drug-likeness (QED) is 0.865. The van der Waals surface area contributed by atoms with Gasteiger partial charge in [-0.2, -0.15) is 0 Å². The van der Waals surface area contributed by atoms with Gasteiger partial charge in [0.05, 0.1) is 30.7 Å². The van der Waals surface area contributed by atoms with E-state index in [1.807, 2.05) is 12.3 Å². The van der Waals surface area contributed by atoms with Gasteiger partial charge in [0.25, 0.3) is 0 Å². The van der Waals surface area contributed by atoms with Crippen molar-refractivity contribution in [1.29, 1.82) is 0 Å². The minimum Gasteiger partial charge on any atom is -0.388 e. The number of rotatable bonds is 2. The summed E-state index contributed by atoms with van der Waals surface area (Å²) in [6.45, 7) is 3.13. The first-order valence-corrected chi connectivity index (χ1v) is 7.53. The Morgan fingerprint density at radius 1 is 1.17 bits per heavy atom. The Morgan fingerprint density at radius 2 is 2.00 bits per heavy atom. The Morgan fingerprint density at radius 3 is 2.78 bits per heavy atom. The fraction of sp³-hybridized carbons (Fsp3) is 0.278. The number of nitrogens with one attached hydrogen (secondary N) is 1. The molecule has 1 saturated heterocycles. The van der Waals surface area contributed by atoms with Gasteiger partial charge < -0.3 is 15.0 Å². The van der Waals surface area contributed by atoms with Crippen molar-refractivity contribution in [2.45, 2.75) is 0 Å². The summed E-state index contributed by atoms with van der Waals surface area (Å²) in [4.78, 5) is 6.45. The average Bonchev–Trinajstić information content (AvgIpc) is 2.62. The molecule has 0 radical (unpaired) electrons. The highest BCUT2D eigenvalue weighted by Crippen LogP contribution is 2.16. The summed E-state index contributed by atoms with van der Waals surface area (Å²) in [6, 6.07) is 6.77. The molecule has 1 aliphatic heterocycles. The lowest BCUT2D eigenvalue weighted by Crippen LogP contribution is -2.36. The molecule has 1 aromatic heterocycles. The monoisotopic (exact) mass is 311 g/mol. The third-order valence-corrected chi connectivity index (χ3v) is 3.70. The Hall–Kier alpha value is -2.58. The van der Waals surface area contributed by atoms with Crippen molar-refractivity contribution in [1.82, 2.24) is 4.98 Å². The van der Waals surface area contributed by atoms with Crippen molar-refractivity contribution in [3.8, 4) is 11.8 Å². The van der Waals surface area contributed by atoms with Crippen molar-refractivity contribution in [2.24, 2.45) is 0 Å². The molecule has 0 spiro atoms. The highest BCUT2D eigenvalue weighted by molar-refractivity contribution is 5.54. The Labute approximate surface area is 135 Å². The minimum atomic E-state index is -0.325. The number of anilines is 2. The van der Waals surface area contributed by atoms with Gasteiger partial charge in [-0.3, -0.25) is 4.98 Å². The molecule has 118 valence electrons. The molecule has 5 heteroatoms. The second-order valence-corrected chi connectivity index (χ2v) is 5.23. The van der Waals surface area contributed by atoms with Gasteiger partial charge in [0.1, 0.15) is 5.82 Å². The van der Waals surface area contributed by atoms with Gasteiger partial charge in [0.2, 0.25) is 0 Å². The van der Waals surface area contributed by atoms with Crippen LogP contribution in [0.25, 0.3) is 0 Å². The van der Waals surface area contributed by atoms with Crippen LogP contribution in [0.1, 0.15) is 11.1 Å². The number of benzene rings is 1. The largest absolute Gasteiger partial charge is 0.388 e. The molecule has 2 heterocycles. The van der Waals surface area contributed by atoms with Crippen molar-refractivity contribution in [3.63, 3.8) is 0 Å². The zero-order valence-corrected chi connectivity index (χ0v) is 13.0. The van der Waals surface area contributed by atoms with Gasteiger partial charge in [-0.1, -0.05) is 11.8 Å². The zero-order chi connectivity index (χ0) is 16.1. The van der Waals surface area contributed by atoms with Gasteiger partial charge in [0.15, 0.2) is 0 Å². The number of hydrogen-bond acceptors (Lipinski definition) is 4. The molecule has 2 aromatic rings. The van der Waals surface area contributed by atoms with Crippen LogP contribution in [0, 0.1) is 17.7 Å². The van der Waals surface area contributed by atoms with E-state index >= 15 is 0 Å². The Bertz CT molecular complexity index is 745. The molecule has 0 saturated carbocycles. The summed E-state index contributed by atoms with van der Waals surface area (Å²) < 4.78 is 19.2. The van der Waals surface area contributed by atoms with Gasteiger partial charge in [-0.05, 0) is 24.3 Å². The molecule has 0 unspecified atom stereocenters. The molecule has 23 heavy (non-hydrogen) atoms. The van der Waals surface area contributed by atoms with E-state index in [0.29, 0.717) is 5.56 Å². The fourth-order valence-electron chi connectivity index (χ4n) is 2.41. The molecule has 0 atom stereocenters. The standard InChI is InChI=1S/C18H18FN3O/c1-20-16-4-5-18(19)15(11-16)3-2-14-10-17(13-21-12-14)22-6-8-23-9-7-22/h4-5,10-13,20H,6-9H2,1H3. The zero-order valence-electron chi connectivity index (χ0n) is 13.0. The smallest absolute Gasteiger partial charge is 0.138 e. The van der Waals surface area contributed by atoms with Crippen LogP contribution in [-0.4, -0.2) is 38.3 Å². The maximum atomic E-state index is 13.8. The predicted octanol–water partition coefficient (Wildman–Crippen LogP) is 2.50. The predicted molar refractivity (Wildman–Crippen MR) is 89.2 cm³/mol. The molecule has 0 bridgehead atoms. The second kappa shape index (κ2) is 7.12. The van der Waals surface area contributed by atoms with Crippen LogP contribution in [-0.2, 0) is 4.74 Å². The van der Waals surface area contributed by atoms with Crippen LogP contribution in [0.3, 0.4) is 0 Å².